The number of nitrogens with zero attached hydrogens (tertiary/aromatic N) is 1. The molecule has 2 aromatic rings. The normalized spacial score (nSPS) is 16.2. The average Bonchev–Trinajstić information content (AvgIpc) is 3.36. The first-order chi connectivity index (χ1) is 16.5. The van der Waals surface area contributed by atoms with E-state index in [1.54, 1.807) is 4.90 Å². The van der Waals surface area contributed by atoms with Crippen LogP contribution in [0.2, 0.25) is 5.02 Å². The van der Waals surface area contributed by atoms with E-state index < -0.39 is 6.04 Å². The van der Waals surface area contributed by atoms with Gasteiger partial charge in [-0.15, -0.1) is 0 Å². The quantitative estimate of drug-likeness (QED) is 0.549. The molecule has 0 aromatic heterocycles. The monoisotopic (exact) mass is 484 g/mol. The lowest BCUT2D eigenvalue weighted by Gasteiger charge is -2.31. The van der Waals surface area contributed by atoms with Crippen LogP contribution in [0, 0.1) is 0 Å². The molecule has 1 atom stereocenters. The number of rotatable bonds is 9. The van der Waals surface area contributed by atoms with Crippen molar-refractivity contribution in [2.24, 2.45) is 0 Å². The molecule has 2 aromatic carbocycles. The van der Waals surface area contributed by atoms with Crippen LogP contribution in [0.3, 0.4) is 0 Å². The van der Waals surface area contributed by atoms with Crippen LogP contribution in [-0.4, -0.2) is 42.0 Å². The van der Waals surface area contributed by atoms with Gasteiger partial charge in [0.15, 0.2) is 11.5 Å². The Kier molecular flexibility index (Phi) is 8.33. The van der Waals surface area contributed by atoms with Gasteiger partial charge in [-0.05, 0) is 61.1 Å². The molecule has 2 amide bonds. The zero-order valence-corrected chi connectivity index (χ0v) is 20.5. The molecule has 0 unspecified atom stereocenters. The zero-order chi connectivity index (χ0) is 23.9. The number of nitrogens with one attached hydrogen (secondary N) is 1. The van der Waals surface area contributed by atoms with Gasteiger partial charge in [0, 0.05) is 24.0 Å². The van der Waals surface area contributed by atoms with Crippen LogP contribution in [0.1, 0.15) is 56.6 Å². The summed E-state index contributed by atoms with van der Waals surface area (Å²) in [4.78, 5) is 28.4. The van der Waals surface area contributed by atoms with Gasteiger partial charge in [0.25, 0.3) is 0 Å². The number of fused-ring (bicyclic) bond motifs is 1. The highest BCUT2D eigenvalue weighted by Gasteiger charge is 2.30. The minimum Gasteiger partial charge on any atom is -0.486 e. The summed E-state index contributed by atoms with van der Waals surface area (Å²) in [7, 11) is 0. The molecule has 0 bridgehead atoms. The maximum atomic E-state index is 13.5. The molecule has 1 aliphatic carbocycles. The fourth-order valence-corrected chi connectivity index (χ4v) is 4.84. The number of hydrogen-bond donors (Lipinski definition) is 1. The Labute approximate surface area is 206 Å². The number of ether oxygens (including phenoxy) is 2. The fraction of sp³-hybridized carbons (Fsp3) is 0.481. The summed E-state index contributed by atoms with van der Waals surface area (Å²) in [6, 6.07) is 12.9. The molecule has 0 spiro atoms. The molecule has 182 valence electrons. The minimum atomic E-state index is -0.510. The highest BCUT2D eigenvalue weighted by molar-refractivity contribution is 6.30. The molecule has 2 aliphatic rings. The van der Waals surface area contributed by atoms with Crippen LogP contribution in [-0.2, 0) is 22.6 Å². The lowest BCUT2D eigenvalue weighted by molar-refractivity contribution is -0.141. The third-order valence-electron chi connectivity index (χ3n) is 6.59. The number of amides is 2. The largest absolute Gasteiger partial charge is 0.486 e. The van der Waals surface area contributed by atoms with Crippen molar-refractivity contribution in [3.8, 4) is 11.5 Å². The van der Waals surface area contributed by atoms with Gasteiger partial charge in [0.05, 0.1) is 0 Å². The van der Waals surface area contributed by atoms with Gasteiger partial charge < -0.3 is 19.7 Å². The van der Waals surface area contributed by atoms with Crippen LogP contribution >= 0.6 is 11.6 Å². The molecule has 0 saturated heterocycles. The van der Waals surface area contributed by atoms with Gasteiger partial charge in [0.2, 0.25) is 11.8 Å². The Balaban J connectivity index is 1.47. The predicted octanol–water partition coefficient (Wildman–Crippen LogP) is 4.91. The van der Waals surface area contributed by atoms with E-state index in [-0.39, 0.29) is 17.9 Å². The Bertz CT molecular complexity index is 989. The second-order valence-electron chi connectivity index (χ2n) is 9.04. The van der Waals surface area contributed by atoms with E-state index in [2.05, 4.69) is 5.32 Å². The standard InChI is InChI=1S/C27H33ClN2O4/c1-2-23(27(32)29-22-5-3-4-6-22)30(18-20-7-11-21(28)12-8-20)26(31)14-10-19-9-13-24-25(17-19)34-16-15-33-24/h7-9,11-13,17,22-23H,2-6,10,14-16,18H2,1H3,(H,29,32)/t23-/m0/s1. The fourth-order valence-electron chi connectivity index (χ4n) is 4.71. The summed E-state index contributed by atoms with van der Waals surface area (Å²) < 4.78 is 11.3. The van der Waals surface area contributed by atoms with Crippen molar-refractivity contribution < 1.29 is 19.1 Å². The zero-order valence-electron chi connectivity index (χ0n) is 19.7. The Hall–Kier alpha value is -2.73. The van der Waals surface area contributed by atoms with Crippen LogP contribution < -0.4 is 14.8 Å². The number of carbonyl (C=O) groups excluding carboxylic acids is 2. The molecule has 1 saturated carbocycles. The molecule has 1 heterocycles. The maximum absolute atomic E-state index is 13.5. The van der Waals surface area contributed by atoms with Crippen LogP contribution in [0.15, 0.2) is 42.5 Å². The maximum Gasteiger partial charge on any atom is 0.243 e. The van der Waals surface area contributed by atoms with Gasteiger partial charge in [-0.25, -0.2) is 0 Å². The Morgan fingerprint density at radius 3 is 2.41 bits per heavy atom. The Morgan fingerprint density at radius 2 is 1.71 bits per heavy atom. The first-order valence-corrected chi connectivity index (χ1v) is 12.6. The molecule has 4 rings (SSSR count). The summed E-state index contributed by atoms with van der Waals surface area (Å²) >= 11 is 6.05. The second kappa shape index (κ2) is 11.6. The van der Waals surface area contributed by atoms with Crippen molar-refractivity contribution in [1.29, 1.82) is 0 Å². The van der Waals surface area contributed by atoms with Gasteiger partial charge in [-0.2, -0.15) is 0 Å². The number of halogens is 1. The second-order valence-corrected chi connectivity index (χ2v) is 9.48. The topological polar surface area (TPSA) is 67.9 Å². The third kappa shape index (κ3) is 6.23. The summed E-state index contributed by atoms with van der Waals surface area (Å²) in [6.45, 7) is 3.40. The molecule has 0 radical (unpaired) electrons. The van der Waals surface area contributed by atoms with E-state index >= 15 is 0 Å². The highest BCUT2D eigenvalue weighted by atomic mass is 35.5. The lowest BCUT2D eigenvalue weighted by atomic mass is 10.0. The van der Waals surface area contributed by atoms with Crippen LogP contribution in [0.5, 0.6) is 11.5 Å². The van der Waals surface area contributed by atoms with Crippen LogP contribution in [0.25, 0.3) is 0 Å². The van der Waals surface area contributed by atoms with Gasteiger partial charge in [-0.1, -0.05) is 49.6 Å². The van der Waals surface area contributed by atoms with E-state index in [4.69, 9.17) is 21.1 Å². The molecule has 1 aliphatic heterocycles. The molecule has 34 heavy (non-hydrogen) atoms. The number of carbonyl (C=O) groups is 2. The minimum absolute atomic E-state index is 0.0433. The van der Waals surface area contributed by atoms with Crippen molar-refractivity contribution in [2.45, 2.75) is 70.5 Å². The number of hydrogen-bond acceptors (Lipinski definition) is 4. The number of benzene rings is 2. The smallest absolute Gasteiger partial charge is 0.243 e. The summed E-state index contributed by atoms with van der Waals surface area (Å²) in [5, 5.41) is 3.83. The van der Waals surface area contributed by atoms with Gasteiger partial charge in [0.1, 0.15) is 19.3 Å². The van der Waals surface area contributed by atoms with Crippen LogP contribution in [0.4, 0.5) is 0 Å². The Morgan fingerprint density at radius 1 is 1.03 bits per heavy atom. The van der Waals surface area contributed by atoms with Gasteiger partial charge >= 0.3 is 0 Å². The average molecular weight is 485 g/mol. The van der Waals surface area contributed by atoms with E-state index in [9.17, 15) is 9.59 Å². The lowest BCUT2D eigenvalue weighted by Crippen LogP contribution is -2.51. The molecule has 6 nitrogen and oxygen atoms in total. The SMILES string of the molecule is CC[C@@H](C(=O)NC1CCCC1)N(Cc1ccc(Cl)cc1)C(=O)CCc1ccc2c(c1)OCCO2. The first-order valence-electron chi connectivity index (χ1n) is 12.3. The first kappa shape index (κ1) is 24.4. The highest BCUT2D eigenvalue weighted by Crippen LogP contribution is 2.31. The van der Waals surface area contributed by atoms with E-state index in [1.165, 1.54) is 0 Å². The molecule has 7 heteroatoms. The van der Waals surface area contributed by atoms with Crippen molar-refractivity contribution in [1.82, 2.24) is 10.2 Å². The van der Waals surface area contributed by atoms with Crippen molar-refractivity contribution in [2.75, 3.05) is 13.2 Å². The molecular weight excluding hydrogens is 452 g/mol. The van der Waals surface area contributed by atoms with Crippen molar-refractivity contribution >= 4 is 23.4 Å². The van der Waals surface area contributed by atoms with E-state index in [0.29, 0.717) is 44.0 Å². The van der Waals surface area contributed by atoms with Crippen molar-refractivity contribution in [3.05, 3.63) is 58.6 Å². The summed E-state index contributed by atoms with van der Waals surface area (Å²) in [5.41, 5.74) is 1.96. The van der Waals surface area contributed by atoms with E-state index in [1.807, 2.05) is 49.4 Å². The summed E-state index contributed by atoms with van der Waals surface area (Å²) in [5.74, 6) is 1.35. The third-order valence-corrected chi connectivity index (χ3v) is 6.84. The van der Waals surface area contributed by atoms with Gasteiger partial charge in [-0.3, -0.25) is 9.59 Å². The number of aryl methyl sites for hydroxylation is 1. The summed E-state index contributed by atoms with van der Waals surface area (Å²) in [6.07, 6.45) is 5.74. The molecule has 1 N–H and O–H groups in total. The van der Waals surface area contributed by atoms with Crippen molar-refractivity contribution in [3.63, 3.8) is 0 Å². The predicted molar refractivity (Wildman–Crippen MR) is 132 cm³/mol. The van der Waals surface area contributed by atoms with E-state index in [0.717, 1.165) is 48.3 Å². The molecular formula is C27H33ClN2O4. The molecule has 1 fully saturated rings.